The fourth-order valence-electron chi connectivity index (χ4n) is 5.01. The molecule has 8 nitrogen and oxygen atoms in total. The number of sulfonamides is 1. The van der Waals surface area contributed by atoms with Crippen LogP contribution in [0.5, 0.6) is 0 Å². The average molecular weight is 558 g/mol. The van der Waals surface area contributed by atoms with Crippen LogP contribution < -0.4 is 5.32 Å². The van der Waals surface area contributed by atoms with Gasteiger partial charge < -0.3 is 15.3 Å². The molecule has 1 amide bonds. The van der Waals surface area contributed by atoms with Crippen LogP contribution in [-0.2, 0) is 19.7 Å². The van der Waals surface area contributed by atoms with Crippen molar-refractivity contribution in [3.05, 3.63) is 103 Å². The SMILES string of the molecule is CON=C1C[C@@H](CC(=O)NCC(O)c2ccc3ccccc3c2)N(S(=O)(=O)c2ccc(-c3ccccc3)cc2)C1. The maximum atomic E-state index is 13.6. The van der Waals surface area contributed by atoms with Gasteiger partial charge in [-0.3, -0.25) is 4.79 Å². The van der Waals surface area contributed by atoms with Crippen LogP contribution in [0.2, 0.25) is 0 Å². The number of carbonyl (C=O) groups is 1. The number of nitrogens with one attached hydrogen (secondary N) is 1. The molecule has 0 spiro atoms. The predicted molar refractivity (Wildman–Crippen MR) is 155 cm³/mol. The second-order valence-electron chi connectivity index (χ2n) is 9.77. The molecular weight excluding hydrogens is 526 g/mol. The molecule has 0 bridgehead atoms. The van der Waals surface area contributed by atoms with Crippen molar-refractivity contribution < 1.29 is 23.2 Å². The first-order valence-electron chi connectivity index (χ1n) is 13.0. The molecular formula is C31H31N3O5S. The summed E-state index contributed by atoms with van der Waals surface area (Å²) in [7, 11) is -2.51. The zero-order chi connectivity index (χ0) is 28.1. The molecule has 206 valence electrons. The molecule has 1 unspecified atom stereocenters. The van der Waals surface area contributed by atoms with Gasteiger partial charge in [0, 0.05) is 25.4 Å². The number of aliphatic hydroxyl groups excluding tert-OH is 1. The topological polar surface area (TPSA) is 108 Å². The maximum absolute atomic E-state index is 13.6. The summed E-state index contributed by atoms with van der Waals surface area (Å²) < 4.78 is 28.6. The number of hydrogen-bond acceptors (Lipinski definition) is 6. The van der Waals surface area contributed by atoms with Crippen LogP contribution in [0, 0.1) is 0 Å². The normalized spacial score (nSPS) is 17.6. The van der Waals surface area contributed by atoms with Gasteiger partial charge in [-0.15, -0.1) is 0 Å². The molecule has 0 saturated carbocycles. The van der Waals surface area contributed by atoms with Gasteiger partial charge in [-0.2, -0.15) is 4.31 Å². The van der Waals surface area contributed by atoms with E-state index >= 15 is 0 Å². The summed E-state index contributed by atoms with van der Waals surface area (Å²) in [6.45, 7) is 0.0465. The van der Waals surface area contributed by atoms with Crippen molar-refractivity contribution in [2.45, 2.75) is 29.9 Å². The Kier molecular flexibility index (Phi) is 8.25. The van der Waals surface area contributed by atoms with Crippen LogP contribution in [0.15, 0.2) is 107 Å². The fraction of sp³-hybridized carbons (Fsp3) is 0.226. The van der Waals surface area contributed by atoms with Gasteiger partial charge in [-0.25, -0.2) is 8.42 Å². The lowest BCUT2D eigenvalue weighted by atomic mass is 10.0. The highest BCUT2D eigenvalue weighted by Gasteiger charge is 2.40. The first-order valence-corrected chi connectivity index (χ1v) is 14.5. The van der Waals surface area contributed by atoms with Crippen molar-refractivity contribution in [2.75, 3.05) is 20.2 Å². The zero-order valence-corrected chi connectivity index (χ0v) is 22.9. The lowest BCUT2D eigenvalue weighted by Gasteiger charge is -2.23. The Morgan fingerprint density at radius 2 is 1.65 bits per heavy atom. The van der Waals surface area contributed by atoms with Gasteiger partial charge in [-0.1, -0.05) is 84.0 Å². The van der Waals surface area contributed by atoms with Gasteiger partial charge in [0.25, 0.3) is 0 Å². The number of rotatable bonds is 9. The van der Waals surface area contributed by atoms with Crippen molar-refractivity contribution in [2.24, 2.45) is 5.16 Å². The van der Waals surface area contributed by atoms with E-state index in [4.69, 9.17) is 4.84 Å². The van der Waals surface area contributed by atoms with E-state index in [0.717, 1.165) is 21.9 Å². The van der Waals surface area contributed by atoms with Crippen molar-refractivity contribution in [3.8, 4) is 11.1 Å². The highest BCUT2D eigenvalue weighted by Crippen LogP contribution is 2.29. The lowest BCUT2D eigenvalue weighted by Crippen LogP contribution is -2.39. The number of amides is 1. The van der Waals surface area contributed by atoms with Crippen molar-refractivity contribution >= 4 is 32.4 Å². The first kappa shape index (κ1) is 27.5. The minimum Gasteiger partial charge on any atom is -0.399 e. The van der Waals surface area contributed by atoms with E-state index in [0.29, 0.717) is 11.3 Å². The molecule has 1 fully saturated rings. The number of aliphatic hydroxyl groups is 1. The molecule has 5 rings (SSSR count). The lowest BCUT2D eigenvalue weighted by molar-refractivity contribution is -0.122. The molecule has 40 heavy (non-hydrogen) atoms. The monoisotopic (exact) mass is 557 g/mol. The summed E-state index contributed by atoms with van der Waals surface area (Å²) in [5.41, 5.74) is 3.13. The maximum Gasteiger partial charge on any atom is 0.243 e. The molecule has 9 heteroatoms. The Morgan fingerprint density at radius 1 is 0.975 bits per heavy atom. The van der Waals surface area contributed by atoms with E-state index in [1.807, 2.05) is 72.8 Å². The number of hydrogen-bond donors (Lipinski definition) is 2. The summed E-state index contributed by atoms with van der Waals surface area (Å²) >= 11 is 0. The molecule has 0 radical (unpaired) electrons. The Morgan fingerprint density at radius 3 is 2.38 bits per heavy atom. The quantitative estimate of drug-likeness (QED) is 0.295. The van der Waals surface area contributed by atoms with Gasteiger partial charge in [0.2, 0.25) is 15.9 Å². The minimum atomic E-state index is -3.91. The van der Waals surface area contributed by atoms with Crippen LogP contribution in [0.3, 0.4) is 0 Å². The van der Waals surface area contributed by atoms with Crippen LogP contribution in [0.4, 0.5) is 0 Å². The standard InChI is InChI=1S/C31H31N3O5S/c1-39-33-27-18-28(19-31(36)32-20-30(35)26-12-11-23-9-5-6-10-25(23)17-26)34(21-27)40(37,38)29-15-13-24(14-16-29)22-7-3-2-4-8-22/h2-17,28,30,35H,18-21H2,1H3,(H,32,36)/t28-,30?/m0/s1. The van der Waals surface area contributed by atoms with Crippen LogP contribution in [0.25, 0.3) is 21.9 Å². The van der Waals surface area contributed by atoms with Crippen LogP contribution in [-0.4, -0.2) is 55.7 Å². The molecule has 4 aromatic rings. The number of carbonyl (C=O) groups excluding carboxylic acids is 1. The summed E-state index contributed by atoms with van der Waals surface area (Å²) in [5.74, 6) is -0.358. The zero-order valence-electron chi connectivity index (χ0n) is 22.1. The molecule has 2 atom stereocenters. The van der Waals surface area contributed by atoms with E-state index in [9.17, 15) is 18.3 Å². The Balaban J connectivity index is 1.27. The van der Waals surface area contributed by atoms with Crippen molar-refractivity contribution in [3.63, 3.8) is 0 Å². The molecule has 0 aromatic heterocycles. The van der Waals surface area contributed by atoms with E-state index < -0.39 is 22.2 Å². The number of fused-ring (bicyclic) bond motifs is 1. The molecule has 0 aliphatic carbocycles. The third-order valence-electron chi connectivity index (χ3n) is 7.08. The predicted octanol–water partition coefficient (Wildman–Crippen LogP) is 4.51. The largest absolute Gasteiger partial charge is 0.399 e. The van der Waals surface area contributed by atoms with Gasteiger partial charge in [0.05, 0.1) is 23.3 Å². The number of benzene rings is 4. The molecule has 4 aromatic carbocycles. The average Bonchev–Trinajstić information content (AvgIpc) is 3.39. The summed E-state index contributed by atoms with van der Waals surface area (Å²) in [4.78, 5) is 18.0. The smallest absolute Gasteiger partial charge is 0.243 e. The molecule has 1 aliphatic heterocycles. The fourth-order valence-corrected chi connectivity index (χ4v) is 6.62. The minimum absolute atomic E-state index is 0.0105. The highest BCUT2D eigenvalue weighted by atomic mass is 32.2. The van der Waals surface area contributed by atoms with Gasteiger partial charge in [0.15, 0.2) is 0 Å². The van der Waals surface area contributed by atoms with Gasteiger partial charge >= 0.3 is 0 Å². The number of nitrogens with zero attached hydrogens (tertiary/aromatic N) is 2. The third-order valence-corrected chi connectivity index (χ3v) is 8.99. The Hall–Kier alpha value is -4.05. The highest BCUT2D eigenvalue weighted by molar-refractivity contribution is 7.89. The van der Waals surface area contributed by atoms with E-state index in [1.54, 1.807) is 24.3 Å². The summed E-state index contributed by atoms with van der Waals surface area (Å²) in [6.07, 6.45) is -0.699. The Bertz CT molecular complexity index is 1620. The number of oxime groups is 1. The second kappa shape index (κ2) is 12.0. The van der Waals surface area contributed by atoms with Crippen LogP contribution in [0.1, 0.15) is 24.5 Å². The first-order chi connectivity index (χ1) is 19.3. The van der Waals surface area contributed by atoms with Gasteiger partial charge in [0.1, 0.15) is 7.11 Å². The summed E-state index contributed by atoms with van der Waals surface area (Å²) in [6, 6.07) is 29.3. The molecule has 1 saturated heterocycles. The van der Waals surface area contributed by atoms with Crippen molar-refractivity contribution in [1.82, 2.24) is 9.62 Å². The van der Waals surface area contributed by atoms with E-state index in [1.165, 1.54) is 11.4 Å². The molecule has 2 N–H and O–H groups in total. The van der Waals surface area contributed by atoms with E-state index in [2.05, 4.69) is 10.5 Å². The van der Waals surface area contributed by atoms with Crippen LogP contribution >= 0.6 is 0 Å². The molecule has 1 heterocycles. The van der Waals surface area contributed by atoms with Gasteiger partial charge in [-0.05, 0) is 45.7 Å². The second-order valence-corrected chi connectivity index (χ2v) is 11.7. The Labute approximate surface area is 233 Å². The summed E-state index contributed by atoms with van der Waals surface area (Å²) in [5, 5.41) is 19.5. The third kappa shape index (κ3) is 6.07. The van der Waals surface area contributed by atoms with Crippen molar-refractivity contribution in [1.29, 1.82) is 0 Å². The molecule has 1 aliphatic rings. The van der Waals surface area contributed by atoms with E-state index in [-0.39, 0.29) is 36.7 Å².